The van der Waals surface area contributed by atoms with E-state index in [9.17, 15) is 14.0 Å². The van der Waals surface area contributed by atoms with Crippen LogP contribution in [0.25, 0.3) is 0 Å². The minimum atomic E-state index is -0.446. The van der Waals surface area contributed by atoms with E-state index in [4.69, 9.17) is 0 Å². The maximum Gasteiger partial charge on any atom is 0.244 e. The number of fused-ring (bicyclic) bond motifs is 1. The summed E-state index contributed by atoms with van der Waals surface area (Å²) in [6.07, 6.45) is 2.84. The minimum Gasteiger partial charge on any atom is -0.341 e. The van der Waals surface area contributed by atoms with Crippen molar-refractivity contribution in [3.05, 3.63) is 65.0 Å². The maximum absolute atomic E-state index is 13.6. The van der Waals surface area contributed by atoms with Gasteiger partial charge in [0.2, 0.25) is 11.8 Å². The molecular formula is C25H30FN3O2. The summed E-state index contributed by atoms with van der Waals surface area (Å²) < 4.78 is 13.4. The van der Waals surface area contributed by atoms with Crippen LogP contribution in [-0.2, 0) is 16.0 Å². The quantitative estimate of drug-likeness (QED) is 0.811. The number of carbonyl (C=O) groups is 2. The molecule has 2 amide bonds. The molecule has 1 fully saturated rings. The molecule has 0 radical (unpaired) electrons. The molecule has 164 valence electrons. The van der Waals surface area contributed by atoms with Crippen molar-refractivity contribution in [3.63, 3.8) is 0 Å². The highest BCUT2D eigenvalue weighted by molar-refractivity contribution is 5.93. The first-order valence-corrected chi connectivity index (χ1v) is 11.1. The zero-order valence-electron chi connectivity index (χ0n) is 18.2. The molecule has 0 spiro atoms. The van der Waals surface area contributed by atoms with Crippen LogP contribution >= 0.6 is 0 Å². The smallest absolute Gasteiger partial charge is 0.244 e. The Morgan fingerprint density at radius 3 is 2.58 bits per heavy atom. The average molecular weight is 424 g/mol. The van der Waals surface area contributed by atoms with Crippen molar-refractivity contribution in [2.75, 3.05) is 31.5 Å². The van der Waals surface area contributed by atoms with Gasteiger partial charge >= 0.3 is 0 Å². The third-order valence-corrected chi connectivity index (χ3v) is 6.52. The van der Waals surface area contributed by atoms with Crippen molar-refractivity contribution in [2.24, 2.45) is 5.92 Å². The fourth-order valence-electron chi connectivity index (χ4n) is 4.62. The van der Waals surface area contributed by atoms with Crippen molar-refractivity contribution < 1.29 is 14.0 Å². The van der Waals surface area contributed by atoms with E-state index in [-0.39, 0.29) is 24.2 Å². The van der Waals surface area contributed by atoms with Crippen LogP contribution in [0.2, 0.25) is 0 Å². The van der Waals surface area contributed by atoms with Gasteiger partial charge < -0.3 is 10.2 Å². The number of hydrogen-bond donors (Lipinski definition) is 1. The Kier molecular flexibility index (Phi) is 6.37. The Bertz CT molecular complexity index is 969. The molecule has 1 N–H and O–H groups in total. The molecular weight excluding hydrogens is 393 g/mol. The van der Waals surface area contributed by atoms with E-state index >= 15 is 0 Å². The number of likely N-dealkylation sites (tertiary alicyclic amines) is 1. The number of anilines is 1. The Morgan fingerprint density at radius 2 is 1.84 bits per heavy atom. The van der Waals surface area contributed by atoms with Crippen molar-refractivity contribution in [1.82, 2.24) is 9.80 Å². The highest BCUT2D eigenvalue weighted by Gasteiger charge is 2.37. The molecule has 2 aromatic carbocycles. The second-order valence-corrected chi connectivity index (χ2v) is 8.84. The third-order valence-electron chi connectivity index (χ3n) is 6.52. The molecule has 0 aromatic heterocycles. The number of nitrogens with one attached hydrogen (secondary N) is 1. The molecule has 5 nitrogen and oxygen atoms in total. The van der Waals surface area contributed by atoms with Gasteiger partial charge in [0.15, 0.2) is 0 Å². The van der Waals surface area contributed by atoms with Crippen LogP contribution in [0.1, 0.15) is 42.5 Å². The predicted molar refractivity (Wildman–Crippen MR) is 119 cm³/mol. The van der Waals surface area contributed by atoms with E-state index < -0.39 is 6.04 Å². The largest absolute Gasteiger partial charge is 0.341 e. The number of halogens is 1. The fraction of sp³-hybridized carbons (Fsp3) is 0.440. The Morgan fingerprint density at radius 1 is 1.10 bits per heavy atom. The van der Waals surface area contributed by atoms with Crippen LogP contribution in [0.15, 0.2) is 42.5 Å². The molecule has 2 heterocycles. The second kappa shape index (κ2) is 9.18. The van der Waals surface area contributed by atoms with Crippen molar-refractivity contribution in [2.45, 2.75) is 39.2 Å². The highest BCUT2D eigenvalue weighted by atomic mass is 19.1. The Balaban J connectivity index is 1.53. The number of piperidine rings is 1. The van der Waals surface area contributed by atoms with Crippen LogP contribution in [-0.4, -0.2) is 47.8 Å². The summed E-state index contributed by atoms with van der Waals surface area (Å²) in [7, 11) is 0. The van der Waals surface area contributed by atoms with E-state index in [1.54, 1.807) is 13.0 Å². The van der Waals surface area contributed by atoms with Gasteiger partial charge in [0.1, 0.15) is 11.9 Å². The van der Waals surface area contributed by atoms with Gasteiger partial charge in [-0.15, -0.1) is 0 Å². The van der Waals surface area contributed by atoms with E-state index in [2.05, 4.69) is 18.3 Å². The lowest BCUT2D eigenvalue weighted by Gasteiger charge is -2.40. The molecule has 0 saturated carbocycles. The third kappa shape index (κ3) is 4.79. The number of benzene rings is 2. The van der Waals surface area contributed by atoms with Crippen molar-refractivity contribution >= 4 is 17.5 Å². The topological polar surface area (TPSA) is 52.7 Å². The van der Waals surface area contributed by atoms with E-state index in [1.807, 2.05) is 28.0 Å². The summed E-state index contributed by atoms with van der Waals surface area (Å²) in [4.78, 5) is 30.4. The summed E-state index contributed by atoms with van der Waals surface area (Å²) in [5, 5.41) is 2.88. The Hall–Kier alpha value is -2.73. The van der Waals surface area contributed by atoms with E-state index in [0.717, 1.165) is 37.9 Å². The van der Waals surface area contributed by atoms with Gasteiger partial charge in [0.05, 0.1) is 6.54 Å². The monoisotopic (exact) mass is 423 g/mol. The minimum absolute atomic E-state index is 0.0878. The summed E-state index contributed by atoms with van der Waals surface area (Å²) in [5.41, 5.74) is 3.45. The molecule has 1 unspecified atom stereocenters. The standard InChI is InChI=1S/C25H30FN3O2/c1-17-9-12-28(13-10-17)25(31)24-21-6-4-3-5-19(21)11-14-29(24)16-23(30)27-22-8-7-20(26)15-18(22)2/h3-8,15,17,24H,9-14,16H2,1-2H3,(H,27,30). The summed E-state index contributed by atoms with van der Waals surface area (Å²) in [6.45, 7) is 6.30. The van der Waals surface area contributed by atoms with Crippen LogP contribution < -0.4 is 5.32 Å². The number of carbonyl (C=O) groups excluding carboxylic acids is 2. The molecule has 31 heavy (non-hydrogen) atoms. The first-order valence-electron chi connectivity index (χ1n) is 11.1. The molecule has 0 bridgehead atoms. The van der Waals surface area contributed by atoms with Crippen molar-refractivity contribution in [1.29, 1.82) is 0 Å². The molecule has 2 aliphatic heterocycles. The maximum atomic E-state index is 13.6. The zero-order chi connectivity index (χ0) is 22.0. The summed E-state index contributed by atoms with van der Waals surface area (Å²) in [5.74, 6) is 0.206. The molecule has 2 aliphatic rings. The summed E-state index contributed by atoms with van der Waals surface area (Å²) >= 11 is 0. The lowest BCUT2D eigenvalue weighted by atomic mass is 9.90. The predicted octanol–water partition coefficient (Wildman–Crippen LogP) is 3.93. The molecule has 2 aromatic rings. The van der Waals surface area contributed by atoms with Crippen LogP contribution in [0.4, 0.5) is 10.1 Å². The molecule has 0 aliphatic carbocycles. The highest BCUT2D eigenvalue weighted by Crippen LogP contribution is 2.32. The molecule has 6 heteroatoms. The zero-order valence-corrected chi connectivity index (χ0v) is 18.2. The van der Waals surface area contributed by atoms with Gasteiger partial charge in [-0.1, -0.05) is 31.2 Å². The number of nitrogens with zero attached hydrogens (tertiary/aromatic N) is 2. The van der Waals surface area contributed by atoms with Crippen LogP contribution in [0.5, 0.6) is 0 Å². The van der Waals surface area contributed by atoms with E-state index in [1.165, 1.54) is 17.7 Å². The van der Waals surface area contributed by atoms with Gasteiger partial charge in [-0.05, 0) is 67.0 Å². The van der Waals surface area contributed by atoms with Crippen LogP contribution in [0.3, 0.4) is 0 Å². The number of rotatable bonds is 4. The van der Waals surface area contributed by atoms with Gasteiger partial charge in [-0.3, -0.25) is 14.5 Å². The second-order valence-electron chi connectivity index (χ2n) is 8.84. The first-order chi connectivity index (χ1) is 14.9. The van der Waals surface area contributed by atoms with Gasteiger partial charge in [0, 0.05) is 25.3 Å². The normalized spacial score (nSPS) is 19.7. The molecule has 1 saturated heterocycles. The first kappa shape index (κ1) is 21.5. The SMILES string of the molecule is Cc1cc(F)ccc1NC(=O)CN1CCc2ccccc2C1C(=O)N1CCC(C)CC1. The van der Waals surface area contributed by atoms with Crippen molar-refractivity contribution in [3.8, 4) is 0 Å². The molecule has 1 atom stereocenters. The summed E-state index contributed by atoms with van der Waals surface area (Å²) in [6, 6.07) is 11.9. The number of amides is 2. The average Bonchev–Trinajstić information content (AvgIpc) is 2.75. The van der Waals surface area contributed by atoms with Gasteiger partial charge in [-0.25, -0.2) is 4.39 Å². The van der Waals surface area contributed by atoms with Crippen LogP contribution in [0, 0.1) is 18.7 Å². The number of hydrogen-bond acceptors (Lipinski definition) is 3. The van der Waals surface area contributed by atoms with E-state index in [0.29, 0.717) is 23.7 Å². The molecule has 4 rings (SSSR count). The number of aryl methyl sites for hydroxylation is 1. The lowest BCUT2D eigenvalue weighted by Crippen LogP contribution is -2.50. The lowest BCUT2D eigenvalue weighted by molar-refractivity contribution is -0.139. The van der Waals surface area contributed by atoms with Gasteiger partial charge in [-0.2, -0.15) is 0 Å². The van der Waals surface area contributed by atoms with Gasteiger partial charge in [0.25, 0.3) is 0 Å². The Labute approximate surface area is 183 Å². The fourth-order valence-corrected chi connectivity index (χ4v) is 4.62.